The molecule has 1 unspecified atom stereocenters. The molecule has 0 fully saturated rings. The van der Waals surface area contributed by atoms with Crippen LogP contribution in [0.4, 0.5) is 0 Å². The molecule has 0 saturated heterocycles. The number of hydrogen-bond acceptors (Lipinski definition) is 5. The van der Waals surface area contributed by atoms with Crippen molar-refractivity contribution in [1.29, 1.82) is 5.26 Å². The van der Waals surface area contributed by atoms with Crippen LogP contribution in [0.15, 0.2) is 27.6 Å². The third kappa shape index (κ3) is 2.39. The van der Waals surface area contributed by atoms with Crippen LogP contribution in [0.3, 0.4) is 0 Å². The molecule has 18 heavy (non-hydrogen) atoms. The zero-order valence-electron chi connectivity index (χ0n) is 10.2. The van der Waals surface area contributed by atoms with Gasteiger partial charge in [-0.15, -0.1) is 12.6 Å². The highest BCUT2D eigenvalue weighted by Gasteiger charge is 2.17. The number of aryl methyl sites for hydroxylation is 1. The SMILES string of the molecule is CCC(C#N)c1nc(-c2ccc(C)c(S)c2)no1. The van der Waals surface area contributed by atoms with Crippen molar-refractivity contribution < 1.29 is 4.52 Å². The van der Waals surface area contributed by atoms with Crippen LogP contribution in [-0.4, -0.2) is 10.1 Å². The number of thiol groups is 1. The molecule has 2 rings (SSSR count). The number of hydrogen-bond donors (Lipinski definition) is 1. The minimum absolute atomic E-state index is 0.341. The predicted molar refractivity (Wildman–Crippen MR) is 70.4 cm³/mol. The third-order valence-electron chi connectivity index (χ3n) is 2.77. The maximum Gasteiger partial charge on any atom is 0.244 e. The summed E-state index contributed by atoms with van der Waals surface area (Å²) in [6.45, 7) is 3.89. The van der Waals surface area contributed by atoms with Gasteiger partial charge in [0.25, 0.3) is 0 Å². The van der Waals surface area contributed by atoms with Gasteiger partial charge in [0.2, 0.25) is 11.7 Å². The van der Waals surface area contributed by atoms with Gasteiger partial charge in [-0.3, -0.25) is 0 Å². The number of aromatic nitrogens is 2. The van der Waals surface area contributed by atoms with E-state index < -0.39 is 0 Å². The Kier molecular flexibility index (Phi) is 3.68. The number of rotatable bonds is 3. The Bertz CT molecular complexity index is 601. The standard InChI is InChI=1S/C13H13N3OS/c1-3-9(7-14)13-15-12(16-17-13)10-5-4-8(2)11(18)6-10/h4-6,9,18H,3H2,1-2H3. The van der Waals surface area contributed by atoms with Crippen LogP contribution in [-0.2, 0) is 0 Å². The maximum atomic E-state index is 8.95. The van der Waals surface area contributed by atoms with Crippen LogP contribution in [0.2, 0.25) is 0 Å². The average molecular weight is 259 g/mol. The molecule has 1 aromatic heterocycles. The van der Waals surface area contributed by atoms with Crippen molar-refractivity contribution in [2.24, 2.45) is 0 Å². The molecular weight excluding hydrogens is 246 g/mol. The average Bonchev–Trinajstić information content (AvgIpc) is 2.84. The van der Waals surface area contributed by atoms with E-state index in [9.17, 15) is 0 Å². The fourth-order valence-electron chi connectivity index (χ4n) is 1.56. The zero-order chi connectivity index (χ0) is 13.1. The van der Waals surface area contributed by atoms with Crippen molar-refractivity contribution in [3.8, 4) is 17.5 Å². The van der Waals surface area contributed by atoms with Crippen molar-refractivity contribution in [2.45, 2.75) is 31.1 Å². The smallest absolute Gasteiger partial charge is 0.244 e. The normalized spacial score (nSPS) is 12.1. The second-order valence-corrected chi connectivity index (χ2v) is 4.53. The third-order valence-corrected chi connectivity index (χ3v) is 3.25. The lowest BCUT2D eigenvalue weighted by atomic mass is 10.1. The molecule has 0 aliphatic carbocycles. The van der Waals surface area contributed by atoms with Crippen molar-refractivity contribution in [3.63, 3.8) is 0 Å². The molecule has 5 heteroatoms. The van der Waals surface area contributed by atoms with Crippen LogP contribution in [0.1, 0.15) is 30.7 Å². The Morgan fingerprint density at radius 2 is 2.28 bits per heavy atom. The molecule has 0 aliphatic rings. The summed E-state index contributed by atoms with van der Waals surface area (Å²) in [7, 11) is 0. The maximum absolute atomic E-state index is 8.95. The molecule has 2 aromatic rings. The van der Waals surface area contributed by atoms with Crippen LogP contribution >= 0.6 is 12.6 Å². The Morgan fingerprint density at radius 3 is 2.89 bits per heavy atom. The van der Waals surface area contributed by atoms with Gasteiger partial charge in [0.1, 0.15) is 5.92 Å². The number of nitrogens with zero attached hydrogens (tertiary/aromatic N) is 3. The largest absolute Gasteiger partial charge is 0.338 e. The van der Waals surface area contributed by atoms with Gasteiger partial charge in [-0.1, -0.05) is 24.2 Å². The molecule has 0 aliphatic heterocycles. The van der Waals surface area contributed by atoms with E-state index in [0.29, 0.717) is 18.1 Å². The van der Waals surface area contributed by atoms with E-state index in [1.807, 2.05) is 32.0 Å². The highest BCUT2D eigenvalue weighted by atomic mass is 32.1. The van der Waals surface area contributed by atoms with Gasteiger partial charge in [0.05, 0.1) is 6.07 Å². The summed E-state index contributed by atoms with van der Waals surface area (Å²) >= 11 is 4.36. The Morgan fingerprint density at radius 1 is 1.50 bits per heavy atom. The summed E-state index contributed by atoms with van der Waals surface area (Å²) in [5.74, 6) is 0.525. The first-order chi connectivity index (χ1) is 8.65. The van der Waals surface area contributed by atoms with E-state index in [-0.39, 0.29) is 5.92 Å². The van der Waals surface area contributed by atoms with E-state index in [4.69, 9.17) is 9.78 Å². The molecule has 92 valence electrons. The first kappa shape index (κ1) is 12.7. The lowest BCUT2D eigenvalue weighted by Crippen LogP contribution is -1.93. The van der Waals surface area contributed by atoms with Crippen molar-refractivity contribution in [3.05, 3.63) is 29.7 Å². The summed E-state index contributed by atoms with van der Waals surface area (Å²) in [6.07, 6.45) is 0.657. The van der Waals surface area contributed by atoms with Gasteiger partial charge in [-0.25, -0.2) is 0 Å². The van der Waals surface area contributed by atoms with Gasteiger partial charge in [-0.2, -0.15) is 10.2 Å². The lowest BCUT2D eigenvalue weighted by molar-refractivity contribution is 0.367. The van der Waals surface area contributed by atoms with E-state index in [1.54, 1.807) is 0 Å². The molecule has 0 N–H and O–H groups in total. The van der Waals surface area contributed by atoms with Crippen LogP contribution in [0.25, 0.3) is 11.4 Å². The van der Waals surface area contributed by atoms with Crippen LogP contribution < -0.4 is 0 Å². The minimum Gasteiger partial charge on any atom is -0.338 e. The first-order valence-corrected chi connectivity index (χ1v) is 6.13. The van der Waals surface area contributed by atoms with Crippen molar-refractivity contribution >= 4 is 12.6 Å². The molecular formula is C13H13N3OS. The second kappa shape index (κ2) is 5.23. The minimum atomic E-state index is -0.341. The van der Waals surface area contributed by atoms with Gasteiger partial charge >= 0.3 is 0 Å². The fourth-order valence-corrected chi connectivity index (χ4v) is 1.78. The van der Waals surface area contributed by atoms with E-state index in [2.05, 4.69) is 28.8 Å². The molecule has 4 nitrogen and oxygen atoms in total. The fraction of sp³-hybridized carbons (Fsp3) is 0.308. The van der Waals surface area contributed by atoms with Crippen LogP contribution in [0.5, 0.6) is 0 Å². The summed E-state index contributed by atoms with van der Waals surface area (Å²) < 4.78 is 5.12. The van der Waals surface area contributed by atoms with E-state index in [1.165, 1.54) is 0 Å². The molecule has 0 saturated carbocycles. The summed E-state index contributed by atoms with van der Waals surface area (Å²) in [4.78, 5) is 5.14. The second-order valence-electron chi connectivity index (χ2n) is 4.05. The highest BCUT2D eigenvalue weighted by molar-refractivity contribution is 7.80. The molecule has 0 amide bonds. The Hall–Kier alpha value is -1.80. The predicted octanol–water partition coefficient (Wildman–Crippen LogP) is 3.35. The molecule has 1 atom stereocenters. The Labute approximate surface area is 111 Å². The van der Waals surface area contributed by atoms with Crippen molar-refractivity contribution in [1.82, 2.24) is 10.1 Å². The van der Waals surface area contributed by atoms with Crippen LogP contribution in [0, 0.1) is 18.3 Å². The number of benzene rings is 1. The quantitative estimate of drug-likeness (QED) is 0.858. The van der Waals surface area contributed by atoms with Gasteiger partial charge in [0, 0.05) is 10.5 Å². The van der Waals surface area contributed by atoms with Gasteiger partial charge < -0.3 is 4.52 Å². The molecule has 1 aromatic carbocycles. The molecule has 0 bridgehead atoms. The lowest BCUT2D eigenvalue weighted by Gasteiger charge is -2.00. The molecule has 1 heterocycles. The van der Waals surface area contributed by atoms with Gasteiger partial charge in [0.15, 0.2) is 0 Å². The molecule has 0 spiro atoms. The van der Waals surface area contributed by atoms with Crippen molar-refractivity contribution in [2.75, 3.05) is 0 Å². The van der Waals surface area contributed by atoms with Gasteiger partial charge in [-0.05, 0) is 25.0 Å². The topological polar surface area (TPSA) is 62.7 Å². The monoisotopic (exact) mass is 259 g/mol. The summed E-state index contributed by atoms with van der Waals surface area (Å²) in [5.41, 5.74) is 1.93. The highest BCUT2D eigenvalue weighted by Crippen LogP contribution is 2.24. The van der Waals surface area contributed by atoms with E-state index >= 15 is 0 Å². The summed E-state index contributed by atoms with van der Waals surface area (Å²) in [5, 5.41) is 12.9. The molecule has 0 radical (unpaired) electrons. The zero-order valence-corrected chi connectivity index (χ0v) is 11.1. The first-order valence-electron chi connectivity index (χ1n) is 5.69. The Balaban J connectivity index is 2.35. The summed E-state index contributed by atoms with van der Waals surface area (Å²) in [6, 6.07) is 7.90. The van der Waals surface area contributed by atoms with E-state index in [0.717, 1.165) is 16.0 Å². The number of nitriles is 1.